The Bertz CT molecular complexity index is 453. The van der Waals surface area contributed by atoms with Crippen LogP contribution in [0.2, 0.25) is 0 Å². The number of nitrogens with two attached hydrogens (primary N) is 1. The van der Waals surface area contributed by atoms with Crippen molar-refractivity contribution in [2.24, 2.45) is 5.73 Å². The first kappa shape index (κ1) is 11.6. The number of ether oxygens (including phenoxy) is 1. The minimum Gasteiger partial charge on any atom is -0.484 e. The lowest BCUT2D eigenvalue weighted by Gasteiger charge is -2.14. The molecule has 0 aliphatic heterocycles. The molecule has 0 spiro atoms. The first-order chi connectivity index (χ1) is 8.29. The van der Waals surface area contributed by atoms with Crippen LogP contribution < -0.4 is 10.5 Å². The summed E-state index contributed by atoms with van der Waals surface area (Å²) in [6, 6.07) is 13.9. The summed E-state index contributed by atoms with van der Waals surface area (Å²) in [6.45, 7) is 2.47. The maximum Gasteiger partial charge on any atom is 0.138 e. The molecule has 1 unspecified atom stereocenters. The molecule has 3 heteroatoms. The molecule has 17 heavy (non-hydrogen) atoms. The number of aromatic nitrogens is 1. The van der Waals surface area contributed by atoms with Gasteiger partial charge < -0.3 is 10.5 Å². The first-order valence-corrected chi connectivity index (χ1v) is 5.66. The van der Waals surface area contributed by atoms with Crippen molar-refractivity contribution in [2.75, 3.05) is 0 Å². The maximum absolute atomic E-state index is 5.80. The Morgan fingerprint density at radius 3 is 2.53 bits per heavy atom. The lowest BCUT2D eigenvalue weighted by atomic mass is 10.1. The Balaban J connectivity index is 2.05. The molecule has 0 saturated heterocycles. The molecule has 3 nitrogen and oxygen atoms in total. The summed E-state index contributed by atoms with van der Waals surface area (Å²) in [5, 5.41) is 0. The lowest BCUT2D eigenvalue weighted by molar-refractivity contribution is 0.226. The van der Waals surface area contributed by atoms with Crippen LogP contribution in [-0.4, -0.2) is 4.98 Å². The summed E-state index contributed by atoms with van der Waals surface area (Å²) in [5.74, 6) is 0.763. The molecule has 88 valence electrons. The largest absolute Gasteiger partial charge is 0.484 e. The van der Waals surface area contributed by atoms with Crippen molar-refractivity contribution in [3.63, 3.8) is 0 Å². The van der Waals surface area contributed by atoms with E-state index in [1.807, 2.05) is 49.4 Å². The average Bonchev–Trinajstić information content (AvgIpc) is 2.40. The fourth-order valence-electron chi connectivity index (χ4n) is 1.60. The Labute approximate surface area is 101 Å². The zero-order valence-electron chi connectivity index (χ0n) is 9.84. The number of hydrogen-bond donors (Lipinski definition) is 1. The van der Waals surface area contributed by atoms with Gasteiger partial charge in [-0.2, -0.15) is 0 Å². The molecule has 1 heterocycles. The molecule has 0 saturated carbocycles. The van der Waals surface area contributed by atoms with E-state index < -0.39 is 0 Å². The van der Waals surface area contributed by atoms with Crippen molar-refractivity contribution in [2.45, 2.75) is 19.6 Å². The van der Waals surface area contributed by atoms with E-state index in [9.17, 15) is 0 Å². The predicted octanol–water partition coefficient (Wildman–Crippen LogP) is 2.68. The van der Waals surface area contributed by atoms with E-state index in [-0.39, 0.29) is 6.10 Å². The summed E-state index contributed by atoms with van der Waals surface area (Å²) < 4.78 is 5.80. The molecule has 2 rings (SSSR count). The van der Waals surface area contributed by atoms with Gasteiger partial charge in [0.2, 0.25) is 0 Å². The van der Waals surface area contributed by atoms with Gasteiger partial charge in [0.05, 0.1) is 11.9 Å². The molecule has 2 aromatic rings. The monoisotopic (exact) mass is 228 g/mol. The second kappa shape index (κ2) is 5.46. The van der Waals surface area contributed by atoms with Crippen LogP contribution in [0.25, 0.3) is 0 Å². The predicted molar refractivity (Wildman–Crippen MR) is 67.6 cm³/mol. The van der Waals surface area contributed by atoms with Gasteiger partial charge in [0.25, 0.3) is 0 Å². The van der Waals surface area contributed by atoms with Gasteiger partial charge in [0.15, 0.2) is 0 Å². The SMILES string of the molecule is CC(Oc1ccc(CN)nc1)c1ccccc1. The van der Waals surface area contributed by atoms with E-state index in [0.717, 1.165) is 17.0 Å². The van der Waals surface area contributed by atoms with Crippen molar-refractivity contribution in [1.82, 2.24) is 4.98 Å². The second-order valence-corrected chi connectivity index (χ2v) is 3.86. The summed E-state index contributed by atoms with van der Waals surface area (Å²) in [5.41, 5.74) is 7.50. The van der Waals surface area contributed by atoms with Gasteiger partial charge in [0.1, 0.15) is 11.9 Å². The normalized spacial score (nSPS) is 12.1. The first-order valence-electron chi connectivity index (χ1n) is 5.66. The summed E-state index contributed by atoms with van der Waals surface area (Å²) >= 11 is 0. The van der Waals surface area contributed by atoms with Crippen LogP contribution >= 0.6 is 0 Å². The van der Waals surface area contributed by atoms with Crippen molar-refractivity contribution in [1.29, 1.82) is 0 Å². The molecular weight excluding hydrogens is 212 g/mol. The van der Waals surface area contributed by atoms with Crippen molar-refractivity contribution >= 4 is 0 Å². The molecule has 0 radical (unpaired) electrons. The van der Waals surface area contributed by atoms with E-state index in [1.165, 1.54) is 0 Å². The zero-order chi connectivity index (χ0) is 12.1. The topological polar surface area (TPSA) is 48.1 Å². The Morgan fingerprint density at radius 1 is 1.18 bits per heavy atom. The van der Waals surface area contributed by atoms with E-state index in [0.29, 0.717) is 6.54 Å². The van der Waals surface area contributed by atoms with Crippen LogP contribution in [0.15, 0.2) is 48.7 Å². The van der Waals surface area contributed by atoms with Gasteiger partial charge in [-0.15, -0.1) is 0 Å². The number of pyridine rings is 1. The zero-order valence-corrected chi connectivity index (χ0v) is 9.84. The van der Waals surface area contributed by atoms with E-state index >= 15 is 0 Å². The highest BCUT2D eigenvalue weighted by molar-refractivity contribution is 5.23. The minimum absolute atomic E-state index is 0.0155. The van der Waals surface area contributed by atoms with Gasteiger partial charge in [-0.3, -0.25) is 4.98 Å². The van der Waals surface area contributed by atoms with Gasteiger partial charge in [-0.1, -0.05) is 30.3 Å². The van der Waals surface area contributed by atoms with Gasteiger partial charge in [-0.05, 0) is 24.6 Å². The van der Waals surface area contributed by atoms with Crippen LogP contribution in [-0.2, 0) is 6.54 Å². The highest BCUT2D eigenvalue weighted by atomic mass is 16.5. The van der Waals surface area contributed by atoms with Crippen LogP contribution in [0.3, 0.4) is 0 Å². The molecule has 1 aromatic carbocycles. The minimum atomic E-state index is 0.0155. The second-order valence-electron chi connectivity index (χ2n) is 3.86. The Kier molecular flexibility index (Phi) is 3.73. The summed E-state index contributed by atoms with van der Waals surface area (Å²) in [6.07, 6.45) is 1.73. The van der Waals surface area contributed by atoms with Crippen LogP contribution in [0.5, 0.6) is 5.75 Å². The third-order valence-corrected chi connectivity index (χ3v) is 2.59. The molecule has 2 N–H and O–H groups in total. The molecular formula is C14H16N2O. The van der Waals surface area contributed by atoms with Gasteiger partial charge in [0, 0.05) is 6.54 Å². The fraction of sp³-hybridized carbons (Fsp3) is 0.214. The average molecular weight is 228 g/mol. The highest BCUT2D eigenvalue weighted by Crippen LogP contribution is 2.20. The van der Waals surface area contributed by atoms with Gasteiger partial charge in [-0.25, -0.2) is 0 Å². The molecule has 1 atom stereocenters. The smallest absolute Gasteiger partial charge is 0.138 e. The van der Waals surface area contributed by atoms with E-state index in [1.54, 1.807) is 6.20 Å². The Hall–Kier alpha value is -1.87. The number of benzene rings is 1. The molecule has 0 aliphatic carbocycles. The molecule has 0 bridgehead atoms. The van der Waals surface area contributed by atoms with E-state index in [2.05, 4.69) is 4.98 Å². The quantitative estimate of drug-likeness (QED) is 0.875. The van der Waals surface area contributed by atoms with Crippen molar-refractivity contribution in [3.05, 3.63) is 59.9 Å². The Morgan fingerprint density at radius 2 is 1.94 bits per heavy atom. The molecule has 0 aliphatic rings. The maximum atomic E-state index is 5.80. The summed E-state index contributed by atoms with van der Waals surface area (Å²) in [7, 11) is 0. The van der Waals surface area contributed by atoms with E-state index in [4.69, 9.17) is 10.5 Å². The van der Waals surface area contributed by atoms with Crippen LogP contribution in [0.4, 0.5) is 0 Å². The summed E-state index contributed by atoms with van der Waals surface area (Å²) in [4.78, 5) is 4.19. The number of rotatable bonds is 4. The molecule has 0 fully saturated rings. The van der Waals surface area contributed by atoms with Crippen LogP contribution in [0, 0.1) is 0 Å². The third kappa shape index (κ3) is 3.04. The lowest BCUT2D eigenvalue weighted by Crippen LogP contribution is -2.04. The number of hydrogen-bond acceptors (Lipinski definition) is 3. The molecule has 1 aromatic heterocycles. The number of nitrogens with zero attached hydrogens (tertiary/aromatic N) is 1. The van der Waals surface area contributed by atoms with Crippen molar-refractivity contribution < 1.29 is 4.74 Å². The van der Waals surface area contributed by atoms with Gasteiger partial charge >= 0.3 is 0 Å². The fourth-order valence-corrected chi connectivity index (χ4v) is 1.60. The standard InChI is InChI=1S/C14H16N2O/c1-11(12-5-3-2-4-6-12)17-14-8-7-13(9-15)16-10-14/h2-8,10-11H,9,15H2,1H3. The molecule has 0 amide bonds. The van der Waals surface area contributed by atoms with Crippen LogP contribution in [0.1, 0.15) is 24.3 Å². The highest BCUT2D eigenvalue weighted by Gasteiger charge is 2.06. The van der Waals surface area contributed by atoms with Crippen molar-refractivity contribution in [3.8, 4) is 5.75 Å². The third-order valence-electron chi connectivity index (χ3n) is 2.59.